The molecule has 0 unspecified atom stereocenters. The molecule has 0 fully saturated rings. The lowest BCUT2D eigenvalue weighted by Gasteiger charge is -2.03. The average Bonchev–Trinajstić information content (AvgIpc) is 3.13. The first-order valence-corrected chi connectivity index (χ1v) is 10.0. The zero-order chi connectivity index (χ0) is 20.2. The van der Waals surface area contributed by atoms with E-state index in [9.17, 15) is 14.9 Å². The van der Waals surface area contributed by atoms with Crippen LogP contribution in [0, 0.1) is 10.1 Å². The molecule has 8 nitrogen and oxygen atoms in total. The number of carbonyl (C=O) groups excluding carboxylic acids is 1. The van der Waals surface area contributed by atoms with Crippen molar-refractivity contribution in [1.29, 1.82) is 0 Å². The number of fused-ring (bicyclic) bond motifs is 1. The van der Waals surface area contributed by atoms with Gasteiger partial charge in [-0.25, -0.2) is 5.43 Å². The largest absolute Gasteiger partial charge is 0.454 e. The van der Waals surface area contributed by atoms with Crippen molar-refractivity contribution in [3.8, 4) is 11.5 Å². The topological polar surface area (TPSA) is 103 Å². The Labute approximate surface area is 165 Å². The summed E-state index contributed by atoms with van der Waals surface area (Å²) in [5.74, 6) is 0.564. The summed E-state index contributed by atoms with van der Waals surface area (Å²) in [7, 11) is 0. The van der Waals surface area contributed by atoms with Gasteiger partial charge in [0.1, 0.15) is 0 Å². The molecule has 0 aromatic heterocycles. The number of nitrogens with one attached hydrogen (secondary N) is 1. The fourth-order valence-electron chi connectivity index (χ4n) is 3.03. The van der Waals surface area contributed by atoms with Crippen molar-refractivity contribution in [2.75, 3.05) is 6.79 Å². The van der Waals surface area contributed by atoms with Gasteiger partial charge in [-0.3, -0.25) is 14.9 Å². The van der Waals surface area contributed by atoms with Crippen molar-refractivity contribution in [2.24, 2.45) is 5.10 Å². The molecule has 0 bridgehead atoms. The average molecular weight is 391 g/mol. The molecule has 1 heterocycles. The van der Waals surface area contributed by atoms with Gasteiger partial charge >= 0.3 is 0 Å². The Morgan fingerprint density at radius 2 is 1.71 bits per heavy atom. The van der Waals surface area contributed by atoms with Gasteiger partial charge < -0.3 is 9.47 Å². The van der Waals surface area contributed by atoms with Gasteiger partial charge in [-0.1, -0.05) is 58.3 Å². The number of carbonyl (C=O) groups is 1. The monoisotopic (exact) mass is 391 g/mol. The molecular formula is C20H29N3O5. The van der Waals surface area contributed by atoms with Crippen LogP contribution in [0.4, 0.5) is 5.69 Å². The molecule has 28 heavy (non-hydrogen) atoms. The summed E-state index contributed by atoms with van der Waals surface area (Å²) in [6.45, 7) is 2.24. The summed E-state index contributed by atoms with van der Waals surface area (Å²) in [6, 6.07) is 2.78. The van der Waals surface area contributed by atoms with Crippen molar-refractivity contribution in [3.05, 3.63) is 27.8 Å². The minimum atomic E-state index is -0.520. The molecule has 1 aliphatic rings. The number of amides is 1. The molecule has 154 valence electrons. The third-order valence-corrected chi connectivity index (χ3v) is 4.62. The number of benzene rings is 1. The van der Waals surface area contributed by atoms with Crippen LogP contribution < -0.4 is 14.9 Å². The summed E-state index contributed by atoms with van der Waals surface area (Å²) in [6.07, 6.45) is 12.3. The van der Waals surface area contributed by atoms with Crippen molar-refractivity contribution < 1.29 is 19.2 Å². The Balaban J connectivity index is 1.67. The van der Waals surface area contributed by atoms with E-state index in [1.54, 1.807) is 0 Å². The molecule has 0 saturated heterocycles. The maximum Gasteiger partial charge on any atom is 0.282 e. The fraction of sp³-hybridized carbons (Fsp3) is 0.600. The van der Waals surface area contributed by atoms with Crippen LogP contribution in [-0.4, -0.2) is 23.8 Å². The normalized spacial score (nSPS) is 12.5. The third kappa shape index (κ3) is 7.17. The van der Waals surface area contributed by atoms with Crippen molar-refractivity contribution in [3.63, 3.8) is 0 Å². The van der Waals surface area contributed by atoms with E-state index in [1.807, 2.05) is 0 Å². The fourth-order valence-corrected chi connectivity index (χ4v) is 3.03. The highest BCUT2D eigenvalue weighted by Gasteiger charge is 2.22. The standard InChI is InChI=1S/C20H29N3O5/c1-2-3-4-5-6-7-8-9-10-11-20(24)22-21-14-16-12-18-19(28-15-27-18)13-17(16)23(25)26/h12-14H,2-11,15H2,1H3,(H,22,24)/b21-14+. The van der Waals surface area contributed by atoms with Crippen LogP contribution >= 0.6 is 0 Å². The van der Waals surface area contributed by atoms with Gasteiger partial charge in [0.05, 0.1) is 22.8 Å². The van der Waals surface area contributed by atoms with E-state index in [0.717, 1.165) is 19.3 Å². The summed E-state index contributed by atoms with van der Waals surface area (Å²) < 4.78 is 10.4. The van der Waals surface area contributed by atoms with Crippen LogP contribution in [0.25, 0.3) is 0 Å². The molecule has 1 N–H and O–H groups in total. The number of hydrogen-bond donors (Lipinski definition) is 1. The van der Waals surface area contributed by atoms with Gasteiger partial charge in [0, 0.05) is 6.42 Å². The van der Waals surface area contributed by atoms with Gasteiger partial charge in [0.2, 0.25) is 12.7 Å². The molecule has 1 aliphatic heterocycles. The van der Waals surface area contributed by atoms with E-state index < -0.39 is 4.92 Å². The first-order chi connectivity index (χ1) is 13.6. The molecule has 2 rings (SSSR count). The second-order valence-electron chi connectivity index (χ2n) is 6.89. The Morgan fingerprint density at radius 3 is 2.36 bits per heavy atom. The molecule has 1 aromatic rings. The summed E-state index contributed by atoms with van der Waals surface area (Å²) in [4.78, 5) is 22.5. The van der Waals surface area contributed by atoms with Crippen LogP contribution in [0.5, 0.6) is 11.5 Å². The summed E-state index contributed by atoms with van der Waals surface area (Å²) >= 11 is 0. The van der Waals surface area contributed by atoms with Crippen LogP contribution in [0.2, 0.25) is 0 Å². The highest BCUT2D eigenvalue weighted by Crippen LogP contribution is 2.37. The molecule has 0 aliphatic carbocycles. The van der Waals surface area contributed by atoms with Crippen LogP contribution in [-0.2, 0) is 4.79 Å². The van der Waals surface area contributed by atoms with E-state index in [0.29, 0.717) is 17.9 Å². The molecule has 0 atom stereocenters. The summed E-state index contributed by atoms with van der Waals surface area (Å²) in [5.41, 5.74) is 2.52. The first-order valence-electron chi connectivity index (χ1n) is 10.0. The van der Waals surface area contributed by atoms with Gasteiger partial charge in [0.15, 0.2) is 11.5 Å². The van der Waals surface area contributed by atoms with Crippen molar-refractivity contribution in [2.45, 2.75) is 71.1 Å². The van der Waals surface area contributed by atoms with E-state index in [4.69, 9.17) is 9.47 Å². The van der Waals surface area contributed by atoms with Crippen LogP contribution in [0.15, 0.2) is 17.2 Å². The maximum absolute atomic E-state index is 11.8. The number of nitrogens with zero attached hydrogens (tertiary/aromatic N) is 2. The molecule has 1 amide bonds. The van der Waals surface area contributed by atoms with E-state index in [-0.39, 0.29) is 24.0 Å². The van der Waals surface area contributed by atoms with Crippen molar-refractivity contribution in [1.82, 2.24) is 5.43 Å². The van der Waals surface area contributed by atoms with E-state index in [2.05, 4.69) is 17.5 Å². The number of nitro benzene ring substituents is 1. The molecule has 1 aromatic carbocycles. The second kappa shape index (κ2) is 11.9. The Bertz CT molecular complexity index is 691. The molecule has 8 heteroatoms. The number of rotatable bonds is 13. The maximum atomic E-state index is 11.8. The molecule has 0 radical (unpaired) electrons. The highest BCUT2D eigenvalue weighted by molar-refractivity contribution is 5.88. The minimum absolute atomic E-state index is 0.0303. The number of nitro groups is 1. The predicted molar refractivity (Wildman–Crippen MR) is 107 cm³/mol. The molecular weight excluding hydrogens is 362 g/mol. The van der Waals surface area contributed by atoms with Crippen molar-refractivity contribution >= 4 is 17.8 Å². The zero-order valence-corrected chi connectivity index (χ0v) is 16.4. The number of hydrazone groups is 1. The van der Waals surface area contributed by atoms with Gasteiger partial charge in [-0.15, -0.1) is 0 Å². The Kier molecular flexibility index (Phi) is 9.24. The van der Waals surface area contributed by atoms with E-state index in [1.165, 1.54) is 56.9 Å². The second-order valence-corrected chi connectivity index (χ2v) is 6.89. The number of ether oxygens (including phenoxy) is 2. The van der Waals surface area contributed by atoms with Crippen LogP contribution in [0.1, 0.15) is 76.7 Å². The minimum Gasteiger partial charge on any atom is -0.454 e. The lowest BCUT2D eigenvalue weighted by Crippen LogP contribution is -2.17. The zero-order valence-electron chi connectivity index (χ0n) is 16.4. The Hall–Kier alpha value is -2.64. The lowest BCUT2D eigenvalue weighted by molar-refractivity contribution is -0.385. The van der Waals surface area contributed by atoms with Gasteiger partial charge in [0.25, 0.3) is 5.69 Å². The number of hydrogen-bond acceptors (Lipinski definition) is 6. The van der Waals surface area contributed by atoms with Gasteiger partial charge in [-0.2, -0.15) is 5.10 Å². The van der Waals surface area contributed by atoms with E-state index >= 15 is 0 Å². The van der Waals surface area contributed by atoms with Gasteiger partial charge in [-0.05, 0) is 12.5 Å². The predicted octanol–water partition coefficient (Wildman–Crippen LogP) is 4.69. The quantitative estimate of drug-likeness (QED) is 0.227. The molecule has 0 spiro atoms. The lowest BCUT2D eigenvalue weighted by atomic mass is 10.1. The van der Waals surface area contributed by atoms with Crippen LogP contribution in [0.3, 0.4) is 0 Å². The first kappa shape index (κ1) is 21.7. The molecule has 0 saturated carbocycles. The Morgan fingerprint density at radius 1 is 1.11 bits per heavy atom. The number of unbranched alkanes of at least 4 members (excludes halogenated alkanes) is 8. The smallest absolute Gasteiger partial charge is 0.282 e. The SMILES string of the molecule is CCCCCCCCCCCC(=O)N/N=C/c1cc2c(cc1[N+](=O)[O-])OCO2. The summed E-state index contributed by atoms with van der Waals surface area (Å²) in [5, 5.41) is 15.0. The highest BCUT2D eigenvalue weighted by atomic mass is 16.7. The third-order valence-electron chi connectivity index (χ3n) is 4.62.